The topological polar surface area (TPSA) is 63.3 Å². The molecule has 0 bridgehead atoms. The van der Waals surface area contributed by atoms with Crippen LogP contribution in [0.3, 0.4) is 0 Å². The number of hydrogen-bond donors (Lipinski definition) is 2. The number of nitrogens with two attached hydrogens (primary N) is 1. The van der Waals surface area contributed by atoms with Crippen molar-refractivity contribution in [1.82, 2.24) is 0 Å². The minimum atomic E-state index is -0.927. The lowest BCUT2D eigenvalue weighted by Crippen LogP contribution is -2.00. The van der Waals surface area contributed by atoms with Gasteiger partial charge in [0.15, 0.2) is 0 Å². The van der Waals surface area contributed by atoms with E-state index < -0.39 is 5.97 Å². The lowest BCUT2D eigenvalue weighted by molar-refractivity contribution is -0.136. The van der Waals surface area contributed by atoms with E-state index in [1.54, 1.807) is 12.2 Å². The standard InChI is InChI=1S/C12H14FNO2/c13-11-5-4-9(8-12(15)16)7-10(11)3-1-2-6-14/h1,3-5,7H,2,6,8,14H2,(H,15,16). The molecule has 0 fully saturated rings. The second kappa shape index (κ2) is 6.02. The summed E-state index contributed by atoms with van der Waals surface area (Å²) in [5.74, 6) is -1.29. The molecule has 0 saturated carbocycles. The molecule has 0 radical (unpaired) electrons. The summed E-state index contributed by atoms with van der Waals surface area (Å²) < 4.78 is 13.3. The van der Waals surface area contributed by atoms with Crippen molar-refractivity contribution in [2.24, 2.45) is 5.73 Å². The van der Waals surface area contributed by atoms with Crippen LogP contribution in [0, 0.1) is 5.82 Å². The predicted octanol–water partition coefficient (Wildman–Crippen LogP) is 1.81. The number of rotatable bonds is 5. The van der Waals surface area contributed by atoms with Crippen molar-refractivity contribution in [2.45, 2.75) is 12.8 Å². The molecule has 0 saturated heterocycles. The van der Waals surface area contributed by atoms with Crippen molar-refractivity contribution in [3.8, 4) is 0 Å². The molecular weight excluding hydrogens is 209 g/mol. The van der Waals surface area contributed by atoms with Gasteiger partial charge in [-0.25, -0.2) is 4.39 Å². The first kappa shape index (κ1) is 12.4. The Morgan fingerprint density at radius 3 is 2.88 bits per heavy atom. The van der Waals surface area contributed by atoms with E-state index >= 15 is 0 Å². The van der Waals surface area contributed by atoms with Crippen LogP contribution >= 0.6 is 0 Å². The zero-order valence-electron chi connectivity index (χ0n) is 8.82. The van der Waals surface area contributed by atoms with E-state index in [1.165, 1.54) is 18.2 Å². The van der Waals surface area contributed by atoms with Crippen LogP contribution in [0.5, 0.6) is 0 Å². The van der Waals surface area contributed by atoms with Gasteiger partial charge >= 0.3 is 5.97 Å². The molecule has 3 N–H and O–H groups in total. The number of carbonyl (C=O) groups is 1. The Morgan fingerprint density at radius 1 is 1.50 bits per heavy atom. The molecule has 0 amide bonds. The predicted molar refractivity (Wildman–Crippen MR) is 60.4 cm³/mol. The average molecular weight is 223 g/mol. The van der Waals surface area contributed by atoms with Gasteiger partial charge in [0, 0.05) is 5.56 Å². The van der Waals surface area contributed by atoms with E-state index in [0.717, 1.165) is 0 Å². The summed E-state index contributed by atoms with van der Waals surface area (Å²) in [6, 6.07) is 4.29. The highest BCUT2D eigenvalue weighted by Gasteiger charge is 2.04. The highest BCUT2D eigenvalue weighted by atomic mass is 19.1. The smallest absolute Gasteiger partial charge is 0.307 e. The lowest BCUT2D eigenvalue weighted by Gasteiger charge is -2.01. The maximum absolute atomic E-state index is 13.3. The van der Waals surface area contributed by atoms with E-state index in [4.69, 9.17) is 10.8 Å². The molecule has 3 nitrogen and oxygen atoms in total. The van der Waals surface area contributed by atoms with Crippen LogP contribution in [0.4, 0.5) is 4.39 Å². The average Bonchev–Trinajstić information content (AvgIpc) is 2.22. The van der Waals surface area contributed by atoms with E-state index in [-0.39, 0.29) is 12.2 Å². The van der Waals surface area contributed by atoms with Gasteiger partial charge in [-0.3, -0.25) is 4.79 Å². The molecule has 86 valence electrons. The van der Waals surface area contributed by atoms with Crippen LogP contribution in [-0.2, 0) is 11.2 Å². The van der Waals surface area contributed by atoms with Gasteiger partial charge in [-0.2, -0.15) is 0 Å². The Kier molecular flexibility index (Phi) is 4.66. The summed E-state index contributed by atoms with van der Waals surface area (Å²) in [4.78, 5) is 10.5. The first-order valence-electron chi connectivity index (χ1n) is 5.00. The van der Waals surface area contributed by atoms with Crippen molar-refractivity contribution in [3.63, 3.8) is 0 Å². The quantitative estimate of drug-likeness (QED) is 0.800. The molecule has 0 spiro atoms. The summed E-state index contributed by atoms with van der Waals surface area (Å²) in [7, 11) is 0. The molecule has 0 atom stereocenters. The van der Waals surface area contributed by atoms with E-state index in [0.29, 0.717) is 24.1 Å². The Hall–Kier alpha value is -1.68. The third-order valence-electron chi connectivity index (χ3n) is 2.05. The van der Waals surface area contributed by atoms with Gasteiger partial charge in [0.25, 0.3) is 0 Å². The Balaban J connectivity index is 2.85. The molecular formula is C12H14FNO2. The lowest BCUT2D eigenvalue weighted by atomic mass is 10.1. The fourth-order valence-electron chi connectivity index (χ4n) is 1.31. The van der Waals surface area contributed by atoms with Gasteiger partial charge in [-0.15, -0.1) is 0 Å². The van der Waals surface area contributed by atoms with Crippen LogP contribution in [0.15, 0.2) is 24.3 Å². The summed E-state index contributed by atoms with van der Waals surface area (Å²) in [5, 5.41) is 8.61. The summed E-state index contributed by atoms with van der Waals surface area (Å²) in [5.41, 5.74) is 6.28. The second-order valence-electron chi connectivity index (χ2n) is 3.41. The molecule has 1 aromatic rings. The Labute approximate surface area is 93.4 Å². The van der Waals surface area contributed by atoms with Gasteiger partial charge in [0.2, 0.25) is 0 Å². The normalized spacial score (nSPS) is 10.9. The summed E-state index contributed by atoms with van der Waals surface area (Å²) in [6.45, 7) is 0.507. The number of aliphatic carboxylic acids is 1. The van der Waals surface area contributed by atoms with Crippen LogP contribution in [-0.4, -0.2) is 17.6 Å². The van der Waals surface area contributed by atoms with Gasteiger partial charge in [-0.05, 0) is 30.7 Å². The van der Waals surface area contributed by atoms with Gasteiger partial charge in [-0.1, -0.05) is 18.2 Å². The maximum Gasteiger partial charge on any atom is 0.307 e. The number of hydrogen-bond acceptors (Lipinski definition) is 2. The third kappa shape index (κ3) is 3.82. The van der Waals surface area contributed by atoms with E-state index in [1.807, 2.05) is 0 Å². The van der Waals surface area contributed by atoms with Crippen molar-refractivity contribution in [3.05, 3.63) is 41.2 Å². The van der Waals surface area contributed by atoms with E-state index in [2.05, 4.69) is 0 Å². The van der Waals surface area contributed by atoms with Crippen molar-refractivity contribution >= 4 is 12.0 Å². The second-order valence-corrected chi connectivity index (χ2v) is 3.41. The van der Waals surface area contributed by atoms with Crippen LogP contribution in [0.2, 0.25) is 0 Å². The minimum absolute atomic E-state index is 0.0992. The molecule has 16 heavy (non-hydrogen) atoms. The molecule has 0 aliphatic heterocycles. The SMILES string of the molecule is NCCC=Cc1cc(CC(=O)O)ccc1F. The Bertz CT molecular complexity index is 402. The van der Waals surface area contributed by atoms with Crippen molar-refractivity contribution < 1.29 is 14.3 Å². The fourth-order valence-corrected chi connectivity index (χ4v) is 1.31. The van der Waals surface area contributed by atoms with Crippen LogP contribution in [0.1, 0.15) is 17.5 Å². The van der Waals surface area contributed by atoms with E-state index in [9.17, 15) is 9.18 Å². The number of benzene rings is 1. The molecule has 1 aromatic carbocycles. The van der Waals surface area contributed by atoms with Gasteiger partial charge in [0.05, 0.1) is 6.42 Å². The third-order valence-corrected chi connectivity index (χ3v) is 2.05. The number of carboxylic acids is 1. The van der Waals surface area contributed by atoms with Crippen molar-refractivity contribution in [1.29, 1.82) is 0 Å². The number of halogens is 1. The van der Waals surface area contributed by atoms with Gasteiger partial charge < -0.3 is 10.8 Å². The highest BCUT2D eigenvalue weighted by Crippen LogP contribution is 2.13. The van der Waals surface area contributed by atoms with Crippen LogP contribution in [0.25, 0.3) is 6.08 Å². The minimum Gasteiger partial charge on any atom is -0.481 e. The molecule has 0 aliphatic carbocycles. The monoisotopic (exact) mass is 223 g/mol. The Morgan fingerprint density at radius 2 is 2.25 bits per heavy atom. The highest BCUT2D eigenvalue weighted by molar-refractivity contribution is 5.70. The first-order chi connectivity index (χ1) is 7.63. The molecule has 0 heterocycles. The molecule has 1 rings (SSSR count). The molecule has 0 aromatic heterocycles. The molecule has 0 aliphatic rings. The summed E-state index contributed by atoms with van der Waals surface area (Å²) in [6.07, 6.45) is 3.96. The fraction of sp³-hybridized carbons (Fsp3) is 0.250. The van der Waals surface area contributed by atoms with Gasteiger partial charge in [0.1, 0.15) is 5.82 Å². The largest absolute Gasteiger partial charge is 0.481 e. The summed E-state index contributed by atoms with van der Waals surface area (Å²) >= 11 is 0. The number of carboxylic acid groups (broad SMARTS) is 1. The maximum atomic E-state index is 13.3. The zero-order valence-corrected chi connectivity index (χ0v) is 8.82. The van der Waals surface area contributed by atoms with Crippen LogP contribution < -0.4 is 5.73 Å². The zero-order chi connectivity index (χ0) is 12.0. The first-order valence-corrected chi connectivity index (χ1v) is 5.00. The molecule has 4 heteroatoms. The molecule has 0 unspecified atom stereocenters. The van der Waals surface area contributed by atoms with Crippen molar-refractivity contribution in [2.75, 3.05) is 6.54 Å².